The second-order valence-corrected chi connectivity index (χ2v) is 10.1. The molecule has 41 heavy (non-hydrogen) atoms. The molecule has 0 aliphatic heterocycles. The van der Waals surface area contributed by atoms with E-state index in [4.69, 9.17) is 17.3 Å². The van der Waals surface area contributed by atoms with Crippen molar-refractivity contribution >= 4 is 35.6 Å². The first-order valence-electron chi connectivity index (χ1n) is 12.9. The lowest BCUT2D eigenvalue weighted by Crippen LogP contribution is -2.43. The molecule has 9 nitrogen and oxygen atoms in total. The summed E-state index contributed by atoms with van der Waals surface area (Å²) in [6.45, 7) is 3.28. The number of carbonyl (C=O) groups excluding carboxylic acids is 1. The number of amides is 1. The number of fused-ring (bicyclic) bond motifs is 1. The molecule has 0 aliphatic rings. The Morgan fingerprint density at radius 2 is 1.78 bits per heavy atom. The SMILES string of the molecule is Cc1ccc(C(=O)N(CCCN)C(c2nc3c(Cl)c(OC(F)F)nn3c(=O)n2Cc2ccccc2)C(C)C)cc1.Cl. The first-order valence-corrected chi connectivity index (χ1v) is 13.3. The fourth-order valence-electron chi connectivity index (χ4n) is 4.57. The maximum Gasteiger partial charge on any atom is 0.388 e. The Hall–Kier alpha value is -3.54. The van der Waals surface area contributed by atoms with Crippen LogP contribution in [0.3, 0.4) is 0 Å². The van der Waals surface area contributed by atoms with Crippen LogP contribution in [0.25, 0.3) is 5.65 Å². The van der Waals surface area contributed by atoms with Gasteiger partial charge in [-0.3, -0.25) is 9.36 Å². The van der Waals surface area contributed by atoms with Gasteiger partial charge in [0, 0.05) is 12.1 Å². The smallest absolute Gasteiger partial charge is 0.388 e. The van der Waals surface area contributed by atoms with Crippen molar-refractivity contribution in [1.29, 1.82) is 0 Å². The van der Waals surface area contributed by atoms with E-state index in [-0.39, 0.29) is 47.3 Å². The molecule has 0 saturated carbocycles. The lowest BCUT2D eigenvalue weighted by Gasteiger charge is -2.35. The zero-order valence-electron chi connectivity index (χ0n) is 22.8. The van der Waals surface area contributed by atoms with Crippen molar-refractivity contribution in [1.82, 2.24) is 24.1 Å². The summed E-state index contributed by atoms with van der Waals surface area (Å²) in [5.41, 5.74) is 7.29. The van der Waals surface area contributed by atoms with Gasteiger partial charge in [-0.25, -0.2) is 9.78 Å². The van der Waals surface area contributed by atoms with Gasteiger partial charge in [0.05, 0.1) is 12.6 Å². The van der Waals surface area contributed by atoms with Crippen LogP contribution in [0.15, 0.2) is 59.4 Å². The average Bonchev–Trinajstić information content (AvgIpc) is 3.23. The van der Waals surface area contributed by atoms with E-state index in [9.17, 15) is 18.4 Å². The number of rotatable bonds is 11. The maximum absolute atomic E-state index is 13.9. The predicted molar refractivity (Wildman–Crippen MR) is 155 cm³/mol. The molecule has 0 fully saturated rings. The number of halogens is 4. The maximum atomic E-state index is 13.9. The predicted octanol–water partition coefficient (Wildman–Crippen LogP) is 5.11. The molecule has 1 unspecified atom stereocenters. The van der Waals surface area contributed by atoms with E-state index < -0.39 is 24.2 Å². The molecule has 2 heterocycles. The molecule has 13 heteroatoms. The molecule has 1 atom stereocenters. The van der Waals surface area contributed by atoms with Gasteiger partial charge in [-0.2, -0.15) is 13.3 Å². The minimum absolute atomic E-state index is 0. The van der Waals surface area contributed by atoms with E-state index in [1.807, 2.05) is 63.2 Å². The number of aromatic nitrogens is 4. The highest BCUT2D eigenvalue weighted by Gasteiger charge is 2.34. The van der Waals surface area contributed by atoms with Crippen molar-refractivity contribution in [3.8, 4) is 5.88 Å². The quantitative estimate of drug-likeness (QED) is 0.253. The summed E-state index contributed by atoms with van der Waals surface area (Å²) in [4.78, 5) is 34.1. The van der Waals surface area contributed by atoms with Gasteiger partial charge >= 0.3 is 12.3 Å². The average molecular weight is 610 g/mol. The summed E-state index contributed by atoms with van der Waals surface area (Å²) in [7, 11) is 0. The van der Waals surface area contributed by atoms with E-state index in [2.05, 4.69) is 14.8 Å². The lowest BCUT2D eigenvalue weighted by atomic mass is 9.99. The second kappa shape index (κ2) is 13.9. The second-order valence-electron chi connectivity index (χ2n) is 9.75. The summed E-state index contributed by atoms with van der Waals surface area (Å²) in [6.07, 6.45) is 0.506. The molecular formula is C28H32Cl2F2N6O3. The zero-order chi connectivity index (χ0) is 29.0. The molecule has 0 radical (unpaired) electrons. The van der Waals surface area contributed by atoms with Crippen LogP contribution in [0.1, 0.15) is 53.6 Å². The van der Waals surface area contributed by atoms with E-state index in [0.29, 0.717) is 25.1 Å². The van der Waals surface area contributed by atoms with Crippen molar-refractivity contribution in [2.75, 3.05) is 13.1 Å². The third kappa shape index (κ3) is 7.03. The third-order valence-corrected chi connectivity index (χ3v) is 6.79. The summed E-state index contributed by atoms with van der Waals surface area (Å²) >= 11 is 6.33. The van der Waals surface area contributed by atoms with Crippen LogP contribution >= 0.6 is 24.0 Å². The fraction of sp³-hybridized carbons (Fsp3) is 0.357. The molecule has 0 spiro atoms. The van der Waals surface area contributed by atoms with Gasteiger partial charge in [0.2, 0.25) is 0 Å². The van der Waals surface area contributed by atoms with E-state index in [1.54, 1.807) is 17.0 Å². The van der Waals surface area contributed by atoms with Crippen molar-refractivity contribution in [2.45, 2.75) is 46.4 Å². The first kappa shape index (κ1) is 32.0. The van der Waals surface area contributed by atoms with Crippen LogP contribution in [-0.2, 0) is 6.54 Å². The molecule has 4 rings (SSSR count). The summed E-state index contributed by atoms with van der Waals surface area (Å²) in [5, 5.41) is 3.55. The van der Waals surface area contributed by atoms with Crippen LogP contribution in [0.5, 0.6) is 5.88 Å². The van der Waals surface area contributed by atoms with Crippen molar-refractivity contribution < 1.29 is 18.3 Å². The molecule has 2 aromatic carbocycles. The number of nitrogens with zero attached hydrogens (tertiary/aromatic N) is 5. The molecule has 220 valence electrons. The Morgan fingerprint density at radius 3 is 2.37 bits per heavy atom. The number of aryl methyl sites for hydroxylation is 1. The lowest BCUT2D eigenvalue weighted by molar-refractivity contribution is -0.0529. The summed E-state index contributed by atoms with van der Waals surface area (Å²) in [6, 6.07) is 15.7. The Balaban J connectivity index is 0.00000462. The highest BCUT2D eigenvalue weighted by Crippen LogP contribution is 2.32. The van der Waals surface area contributed by atoms with Crippen molar-refractivity contribution in [3.05, 3.63) is 92.6 Å². The normalized spacial score (nSPS) is 12.0. The minimum Gasteiger partial charge on any atom is -0.414 e. The van der Waals surface area contributed by atoms with Gasteiger partial charge in [-0.05, 0) is 43.5 Å². The summed E-state index contributed by atoms with van der Waals surface area (Å²) < 4.78 is 32.7. The van der Waals surface area contributed by atoms with Gasteiger partial charge in [-0.1, -0.05) is 73.5 Å². The van der Waals surface area contributed by atoms with Crippen LogP contribution in [-0.4, -0.2) is 49.7 Å². The molecule has 0 saturated heterocycles. The number of hydrogen-bond acceptors (Lipinski definition) is 6. The minimum atomic E-state index is -3.20. The number of benzene rings is 2. The largest absolute Gasteiger partial charge is 0.414 e. The van der Waals surface area contributed by atoms with Gasteiger partial charge in [0.1, 0.15) is 10.8 Å². The topological polar surface area (TPSA) is 108 Å². The number of nitrogens with two attached hydrogens (primary N) is 1. The summed E-state index contributed by atoms with van der Waals surface area (Å²) in [5.74, 6) is -0.850. The highest BCUT2D eigenvalue weighted by atomic mass is 35.5. The first-order chi connectivity index (χ1) is 19.1. The van der Waals surface area contributed by atoms with Gasteiger partial charge in [-0.15, -0.1) is 17.5 Å². The monoisotopic (exact) mass is 608 g/mol. The van der Waals surface area contributed by atoms with Crippen LogP contribution in [0.4, 0.5) is 8.78 Å². The molecule has 1 amide bonds. The van der Waals surface area contributed by atoms with Gasteiger partial charge in [0.15, 0.2) is 5.65 Å². The molecule has 2 N–H and O–H groups in total. The Bertz CT molecular complexity index is 1530. The van der Waals surface area contributed by atoms with Crippen LogP contribution < -0.4 is 16.2 Å². The third-order valence-electron chi connectivity index (χ3n) is 6.46. The molecule has 0 aliphatic carbocycles. The molecular weight excluding hydrogens is 577 g/mol. The number of alkyl halides is 2. The highest BCUT2D eigenvalue weighted by molar-refractivity contribution is 6.34. The number of ether oxygens (including phenoxy) is 1. The van der Waals surface area contributed by atoms with Gasteiger partial charge in [0.25, 0.3) is 11.8 Å². The zero-order valence-corrected chi connectivity index (χ0v) is 24.4. The molecule has 2 aromatic heterocycles. The van der Waals surface area contributed by atoms with E-state index >= 15 is 0 Å². The van der Waals surface area contributed by atoms with Crippen LogP contribution in [0.2, 0.25) is 5.02 Å². The Kier molecular flexibility index (Phi) is 10.8. The van der Waals surface area contributed by atoms with E-state index in [1.165, 1.54) is 4.57 Å². The Morgan fingerprint density at radius 1 is 1.12 bits per heavy atom. The molecule has 0 bridgehead atoms. The van der Waals surface area contributed by atoms with Crippen LogP contribution in [0, 0.1) is 12.8 Å². The standard InChI is InChI=1S/C28H31ClF2N6O3.ClH/c1-17(2)22(35(15-7-14-32)26(38)20-12-10-18(3)11-13-20)24-33-23-21(29)25(40-27(30)31)34-37(23)28(39)36(24)16-19-8-5-4-6-9-19;/h4-6,8-13,17,22,27H,7,14-16,32H2,1-3H3;1H. The number of hydrogen-bond donors (Lipinski definition) is 1. The van der Waals surface area contributed by atoms with Crippen molar-refractivity contribution in [3.63, 3.8) is 0 Å². The Labute approximate surface area is 247 Å². The molecule has 4 aromatic rings. The van der Waals surface area contributed by atoms with E-state index in [0.717, 1.165) is 15.6 Å². The number of carbonyl (C=O) groups is 1. The van der Waals surface area contributed by atoms with Crippen molar-refractivity contribution in [2.24, 2.45) is 11.7 Å². The fourth-order valence-corrected chi connectivity index (χ4v) is 4.77. The van der Waals surface area contributed by atoms with Gasteiger partial charge < -0.3 is 15.4 Å².